The van der Waals surface area contributed by atoms with Crippen molar-refractivity contribution in [3.05, 3.63) is 0 Å². The minimum absolute atomic E-state index is 0.0628. The zero-order valence-electron chi connectivity index (χ0n) is 17.7. The summed E-state index contributed by atoms with van der Waals surface area (Å²) in [6.07, 6.45) is 0.896. The zero-order valence-corrected chi connectivity index (χ0v) is 17.7. The molecule has 0 heterocycles. The monoisotopic (exact) mass is 384 g/mol. The Morgan fingerprint density at radius 1 is 1.07 bits per heavy atom. The minimum Gasteiger partial charge on any atom is -0.345 e. The normalized spacial score (nSPS) is 14.4. The molecule has 0 saturated carbocycles. The number of nitrogens with zero attached hydrogens (tertiary/aromatic N) is 2. The van der Waals surface area contributed by atoms with E-state index in [-0.39, 0.29) is 17.7 Å². The van der Waals surface area contributed by atoms with Crippen molar-refractivity contribution in [2.75, 3.05) is 14.1 Å². The number of nitrogens with two attached hydrogens (primary N) is 1. The van der Waals surface area contributed by atoms with Gasteiger partial charge >= 0.3 is 0 Å². The molecule has 0 bridgehead atoms. The summed E-state index contributed by atoms with van der Waals surface area (Å²) in [6.45, 7) is 9.41. The van der Waals surface area contributed by atoms with Crippen LogP contribution in [0.5, 0.6) is 0 Å². The van der Waals surface area contributed by atoms with Crippen LogP contribution in [-0.2, 0) is 19.2 Å². The molecular weight excluding hydrogens is 348 g/mol. The first kappa shape index (κ1) is 25.0. The highest BCUT2D eigenvalue weighted by Gasteiger charge is 2.34. The Labute approximate surface area is 162 Å². The van der Waals surface area contributed by atoms with E-state index in [0.717, 1.165) is 0 Å². The van der Waals surface area contributed by atoms with Gasteiger partial charge in [0.2, 0.25) is 11.8 Å². The lowest BCUT2D eigenvalue weighted by Gasteiger charge is -2.34. The summed E-state index contributed by atoms with van der Waals surface area (Å²) in [7, 11) is 2.98. The molecule has 0 aliphatic heterocycles. The molecule has 0 aromatic heterocycles. The van der Waals surface area contributed by atoms with Gasteiger partial charge in [0.05, 0.1) is 6.04 Å². The Kier molecular flexibility index (Phi) is 10.8. The third kappa shape index (κ3) is 7.66. The topological polar surface area (TPSA) is 113 Å². The third-order valence-electron chi connectivity index (χ3n) is 4.51. The van der Waals surface area contributed by atoms with Gasteiger partial charge in [-0.2, -0.15) is 0 Å². The Balaban J connectivity index is 5.37. The lowest BCUT2D eigenvalue weighted by molar-refractivity contribution is -0.148. The van der Waals surface area contributed by atoms with Crippen LogP contribution in [-0.4, -0.2) is 66.2 Å². The highest BCUT2D eigenvalue weighted by molar-refractivity contribution is 5.92. The van der Waals surface area contributed by atoms with E-state index in [4.69, 9.17) is 5.73 Å². The Bertz CT molecular complexity index is 522. The number of carbonyl (C=O) groups is 4. The molecule has 0 aliphatic rings. The molecule has 8 nitrogen and oxygen atoms in total. The van der Waals surface area contributed by atoms with E-state index in [1.54, 1.807) is 0 Å². The average molecular weight is 385 g/mol. The molecule has 0 aliphatic carbocycles. The minimum atomic E-state index is -1.16. The van der Waals surface area contributed by atoms with Crippen molar-refractivity contribution in [2.24, 2.45) is 17.6 Å². The molecule has 0 aromatic carbocycles. The fourth-order valence-electron chi connectivity index (χ4n) is 2.58. The number of amides is 3. The zero-order chi connectivity index (χ0) is 21.3. The van der Waals surface area contributed by atoms with Crippen molar-refractivity contribution in [1.82, 2.24) is 15.1 Å². The molecule has 0 unspecified atom stereocenters. The van der Waals surface area contributed by atoms with Crippen LogP contribution in [0.3, 0.4) is 0 Å². The standard InChI is InChI=1S/C19H36N4O4/c1-8-9-16(25)23(7)17(20)19(27)22(6)15(10-12(2)3)18(26)21-14(11-24)13(4)5/h11-15,17H,8-10,20H2,1-7H3,(H,21,26)/t14-,15+,17+/m1/s1. The first-order valence-electron chi connectivity index (χ1n) is 9.51. The van der Waals surface area contributed by atoms with E-state index in [0.29, 0.717) is 25.5 Å². The molecular formula is C19H36N4O4. The lowest BCUT2D eigenvalue weighted by atomic mass is 10.00. The van der Waals surface area contributed by atoms with Crippen LogP contribution in [0.2, 0.25) is 0 Å². The summed E-state index contributed by atoms with van der Waals surface area (Å²) in [5.74, 6) is -1.07. The van der Waals surface area contributed by atoms with Crippen LogP contribution >= 0.6 is 0 Å². The third-order valence-corrected chi connectivity index (χ3v) is 4.51. The van der Waals surface area contributed by atoms with Crippen LogP contribution in [0.15, 0.2) is 0 Å². The number of hydrogen-bond donors (Lipinski definition) is 2. The summed E-state index contributed by atoms with van der Waals surface area (Å²) in [5.41, 5.74) is 5.96. The second-order valence-corrected chi connectivity index (χ2v) is 7.71. The predicted octanol–water partition coefficient (Wildman–Crippen LogP) is 0.743. The Morgan fingerprint density at radius 3 is 2.04 bits per heavy atom. The van der Waals surface area contributed by atoms with Crippen molar-refractivity contribution in [1.29, 1.82) is 0 Å². The van der Waals surface area contributed by atoms with Crippen molar-refractivity contribution in [3.63, 3.8) is 0 Å². The van der Waals surface area contributed by atoms with Gasteiger partial charge in [-0.1, -0.05) is 34.6 Å². The summed E-state index contributed by atoms with van der Waals surface area (Å²) in [4.78, 5) is 51.2. The van der Waals surface area contributed by atoms with E-state index in [1.165, 1.54) is 23.9 Å². The summed E-state index contributed by atoms with van der Waals surface area (Å²) < 4.78 is 0. The number of rotatable bonds is 11. The summed E-state index contributed by atoms with van der Waals surface area (Å²) >= 11 is 0. The van der Waals surface area contributed by atoms with Gasteiger partial charge in [0.25, 0.3) is 5.91 Å². The first-order valence-corrected chi connectivity index (χ1v) is 9.51. The van der Waals surface area contributed by atoms with Gasteiger partial charge in [-0.3, -0.25) is 14.4 Å². The van der Waals surface area contributed by atoms with E-state index in [9.17, 15) is 19.2 Å². The number of carbonyl (C=O) groups excluding carboxylic acids is 4. The summed E-state index contributed by atoms with van der Waals surface area (Å²) in [6, 6.07) is -1.41. The number of likely N-dealkylation sites (N-methyl/N-ethyl adjacent to an activating group) is 2. The second-order valence-electron chi connectivity index (χ2n) is 7.71. The lowest BCUT2D eigenvalue weighted by Crippen LogP contribution is -2.59. The van der Waals surface area contributed by atoms with Gasteiger partial charge in [-0.05, 0) is 24.7 Å². The van der Waals surface area contributed by atoms with E-state index in [2.05, 4.69) is 5.32 Å². The molecule has 3 N–H and O–H groups in total. The van der Waals surface area contributed by atoms with Crippen LogP contribution in [0.4, 0.5) is 0 Å². The SMILES string of the molecule is CCCC(=O)N(C)[C@H](N)C(=O)N(C)[C@@H](CC(C)C)C(=O)N[C@H](C=O)C(C)C. The molecule has 27 heavy (non-hydrogen) atoms. The average Bonchev–Trinajstić information content (AvgIpc) is 2.61. The predicted molar refractivity (Wildman–Crippen MR) is 104 cm³/mol. The van der Waals surface area contributed by atoms with Crippen molar-refractivity contribution in [3.8, 4) is 0 Å². The van der Waals surface area contributed by atoms with Crippen LogP contribution in [0.25, 0.3) is 0 Å². The van der Waals surface area contributed by atoms with Crippen LogP contribution < -0.4 is 11.1 Å². The molecule has 0 saturated heterocycles. The van der Waals surface area contributed by atoms with Crippen molar-refractivity contribution >= 4 is 24.0 Å². The highest BCUT2D eigenvalue weighted by Crippen LogP contribution is 2.14. The summed E-state index contributed by atoms with van der Waals surface area (Å²) in [5, 5.41) is 2.70. The number of aldehydes is 1. The Morgan fingerprint density at radius 2 is 1.63 bits per heavy atom. The molecule has 0 fully saturated rings. The maximum Gasteiger partial charge on any atom is 0.260 e. The van der Waals surface area contributed by atoms with Gasteiger partial charge in [0, 0.05) is 20.5 Å². The fraction of sp³-hybridized carbons (Fsp3) is 0.789. The van der Waals surface area contributed by atoms with Crippen LogP contribution in [0, 0.1) is 11.8 Å². The van der Waals surface area contributed by atoms with Gasteiger partial charge in [-0.15, -0.1) is 0 Å². The maximum absolute atomic E-state index is 12.8. The molecule has 0 radical (unpaired) electrons. The second kappa shape index (κ2) is 11.7. The van der Waals surface area contributed by atoms with Crippen LogP contribution in [0.1, 0.15) is 53.9 Å². The van der Waals surface area contributed by atoms with Gasteiger partial charge in [0.1, 0.15) is 12.3 Å². The molecule has 0 spiro atoms. The van der Waals surface area contributed by atoms with E-state index < -0.39 is 30.1 Å². The van der Waals surface area contributed by atoms with Gasteiger partial charge < -0.3 is 25.6 Å². The quantitative estimate of drug-likeness (QED) is 0.403. The number of nitrogens with one attached hydrogen (secondary N) is 1. The molecule has 0 rings (SSSR count). The molecule has 0 aromatic rings. The van der Waals surface area contributed by atoms with Crippen molar-refractivity contribution in [2.45, 2.75) is 72.1 Å². The number of hydrogen-bond acceptors (Lipinski definition) is 5. The molecule has 3 atom stereocenters. The van der Waals surface area contributed by atoms with E-state index in [1.807, 2.05) is 34.6 Å². The smallest absolute Gasteiger partial charge is 0.260 e. The fourth-order valence-corrected chi connectivity index (χ4v) is 2.58. The van der Waals surface area contributed by atoms with E-state index >= 15 is 0 Å². The Hall–Kier alpha value is -1.96. The first-order chi connectivity index (χ1) is 12.5. The van der Waals surface area contributed by atoms with Gasteiger partial charge in [-0.25, -0.2) is 0 Å². The highest BCUT2D eigenvalue weighted by atomic mass is 16.2. The van der Waals surface area contributed by atoms with Gasteiger partial charge in [0.15, 0.2) is 6.17 Å². The maximum atomic E-state index is 12.8. The molecule has 3 amide bonds. The largest absolute Gasteiger partial charge is 0.345 e. The molecule has 8 heteroatoms. The van der Waals surface area contributed by atoms with Crippen molar-refractivity contribution < 1.29 is 19.2 Å². The molecule has 156 valence electrons.